The van der Waals surface area contributed by atoms with Gasteiger partial charge in [-0.3, -0.25) is 4.79 Å². The Hall–Kier alpha value is -3.76. The smallest absolute Gasteiger partial charge is 0.407 e. The number of carbonyl (C=O) groups excluding carboxylic acids is 2. The monoisotopic (exact) mass is 597 g/mol. The molecule has 9 nitrogen and oxygen atoms in total. The van der Waals surface area contributed by atoms with E-state index in [0.717, 1.165) is 31.4 Å². The van der Waals surface area contributed by atoms with Crippen LogP contribution in [0.25, 0.3) is 11.3 Å². The molecule has 0 saturated heterocycles. The molecule has 0 aliphatic heterocycles. The summed E-state index contributed by atoms with van der Waals surface area (Å²) in [6, 6.07) is 10.2. The summed E-state index contributed by atoms with van der Waals surface area (Å²) in [6.45, 7) is 5.26. The van der Waals surface area contributed by atoms with Crippen LogP contribution in [0.4, 0.5) is 15.0 Å². The van der Waals surface area contributed by atoms with Gasteiger partial charge in [-0.15, -0.1) is 0 Å². The molecule has 4 rings (SSSR count). The average Bonchev–Trinajstić information content (AvgIpc) is 2.94. The number of nitrogens with two attached hydrogens (primary N) is 1. The number of nitrogens with one attached hydrogen (secondary N) is 2. The number of hydrogen-bond acceptors (Lipinski definition) is 7. The van der Waals surface area contributed by atoms with E-state index in [4.69, 9.17) is 31.8 Å². The van der Waals surface area contributed by atoms with E-state index in [1.165, 1.54) is 12.1 Å². The Balaban J connectivity index is 1.52. The Labute approximate surface area is 250 Å². The molecule has 0 bridgehead atoms. The molecule has 0 radical (unpaired) electrons. The van der Waals surface area contributed by atoms with Gasteiger partial charge in [0, 0.05) is 29.2 Å². The molecule has 0 spiro atoms. The van der Waals surface area contributed by atoms with E-state index in [-0.39, 0.29) is 30.0 Å². The predicted molar refractivity (Wildman–Crippen MR) is 160 cm³/mol. The molecule has 1 fully saturated rings. The highest BCUT2D eigenvalue weighted by Gasteiger charge is 2.25. The number of ether oxygens (including phenoxy) is 2. The molecule has 1 aliphatic rings. The number of alkyl carbamates (subject to hydrolysis) is 1. The van der Waals surface area contributed by atoms with Crippen LogP contribution in [-0.4, -0.2) is 47.3 Å². The standard InChI is InChI=1S/C31H37ClFN5O4/c1-31(2,3)38-30(40)42-17-26(19-6-5-7-21(32)14-19)37-29(39)23-13-10-20(15-24(23)33)27-28(34)35-16-25(36-27)18-8-11-22(41-4)12-9-18/h5-7,10,13-16,18,22,26H,8-9,11-12,17H2,1-4H3,(H2,34,35)(H,37,39)(H,38,40)/t18?,22?,26-/m1/s1. The number of halogens is 2. The van der Waals surface area contributed by atoms with Crippen molar-refractivity contribution >= 4 is 29.4 Å². The summed E-state index contributed by atoms with van der Waals surface area (Å²) in [5.74, 6) is -1.05. The lowest BCUT2D eigenvalue weighted by molar-refractivity contribution is 0.0655. The Morgan fingerprint density at radius 2 is 1.88 bits per heavy atom. The Kier molecular flexibility index (Phi) is 10.0. The Morgan fingerprint density at radius 1 is 1.14 bits per heavy atom. The van der Waals surface area contributed by atoms with Gasteiger partial charge >= 0.3 is 6.09 Å². The molecule has 1 heterocycles. The highest BCUT2D eigenvalue weighted by atomic mass is 35.5. The summed E-state index contributed by atoms with van der Waals surface area (Å²) in [7, 11) is 1.72. The molecule has 3 aromatic rings. The van der Waals surface area contributed by atoms with Crippen molar-refractivity contribution in [1.29, 1.82) is 0 Å². The van der Waals surface area contributed by atoms with E-state index >= 15 is 4.39 Å². The van der Waals surface area contributed by atoms with Gasteiger partial charge in [-0.05, 0) is 76.3 Å². The van der Waals surface area contributed by atoms with Crippen molar-refractivity contribution in [3.8, 4) is 11.3 Å². The second-order valence-electron chi connectivity index (χ2n) is 11.5. The number of carbonyl (C=O) groups is 2. The SMILES string of the molecule is COC1CCC(c2cnc(N)c(-c3ccc(C(=O)N[C@H](COC(=O)NC(C)(C)C)c4cccc(Cl)c4)c(F)c3)n2)CC1. The zero-order chi connectivity index (χ0) is 30.4. The largest absolute Gasteiger partial charge is 0.447 e. The molecule has 11 heteroatoms. The van der Waals surface area contributed by atoms with E-state index in [9.17, 15) is 9.59 Å². The molecule has 1 aromatic heterocycles. The number of benzene rings is 2. The molecule has 1 aliphatic carbocycles. The summed E-state index contributed by atoms with van der Waals surface area (Å²) in [4.78, 5) is 34.5. The minimum atomic E-state index is -0.785. The minimum Gasteiger partial charge on any atom is -0.447 e. The Bertz CT molecular complexity index is 1420. The van der Waals surface area contributed by atoms with Crippen LogP contribution in [-0.2, 0) is 9.47 Å². The first-order chi connectivity index (χ1) is 19.9. The second kappa shape index (κ2) is 13.5. The lowest BCUT2D eigenvalue weighted by Crippen LogP contribution is -2.42. The van der Waals surface area contributed by atoms with Crippen LogP contribution in [0, 0.1) is 5.82 Å². The van der Waals surface area contributed by atoms with Gasteiger partial charge < -0.3 is 25.8 Å². The van der Waals surface area contributed by atoms with Gasteiger partial charge in [-0.25, -0.2) is 19.2 Å². The van der Waals surface area contributed by atoms with Crippen LogP contribution in [0.5, 0.6) is 0 Å². The van der Waals surface area contributed by atoms with Gasteiger partial charge in [0.05, 0.1) is 29.6 Å². The van der Waals surface area contributed by atoms with Gasteiger partial charge in [0.15, 0.2) is 0 Å². The van der Waals surface area contributed by atoms with Gasteiger partial charge in [0.2, 0.25) is 0 Å². The van der Waals surface area contributed by atoms with Gasteiger partial charge in [-0.1, -0.05) is 29.8 Å². The summed E-state index contributed by atoms with van der Waals surface area (Å²) >= 11 is 6.16. The number of hydrogen-bond donors (Lipinski definition) is 3. The molecule has 1 atom stereocenters. The van der Waals surface area contributed by atoms with E-state index in [2.05, 4.69) is 15.6 Å². The van der Waals surface area contributed by atoms with Crippen LogP contribution in [0.2, 0.25) is 5.02 Å². The van der Waals surface area contributed by atoms with Crippen molar-refractivity contribution in [1.82, 2.24) is 20.6 Å². The highest BCUT2D eigenvalue weighted by Crippen LogP contribution is 2.34. The third-order valence-electron chi connectivity index (χ3n) is 7.15. The van der Waals surface area contributed by atoms with Crippen molar-refractivity contribution in [2.24, 2.45) is 0 Å². The first kappa shape index (κ1) is 31.2. The maximum atomic E-state index is 15.4. The third-order valence-corrected chi connectivity index (χ3v) is 7.38. The van der Waals surface area contributed by atoms with Crippen molar-refractivity contribution in [3.05, 3.63) is 76.3 Å². The quantitative estimate of drug-likeness (QED) is 0.282. The fourth-order valence-electron chi connectivity index (χ4n) is 4.94. The van der Waals surface area contributed by atoms with Crippen LogP contribution in [0.3, 0.4) is 0 Å². The number of anilines is 1. The molecular formula is C31H37ClFN5O4. The van der Waals surface area contributed by atoms with Crippen molar-refractivity contribution < 1.29 is 23.5 Å². The maximum absolute atomic E-state index is 15.4. The van der Waals surface area contributed by atoms with Gasteiger partial charge in [-0.2, -0.15) is 0 Å². The predicted octanol–water partition coefficient (Wildman–Crippen LogP) is 6.19. The maximum Gasteiger partial charge on any atom is 0.407 e. The number of nitrogen functional groups attached to an aromatic ring is 1. The van der Waals surface area contributed by atoms with Crippen molar-refractivity contribution in [2.75, 3.05) is 19.5 Å². The number of rotatable bonds is 8. The lowest BCUT2D eigenvalue weighted by atomic mass is 9.85. The molecule has 224 valence electrons. The number of nitrogens with zero attached hydrogens (tertiary/aromatic N) is 2. The van der Waals surface area contributed by atoms with E-state index in [0.29, 0.717) is 21.8 Å². The van der Waals surface area contributed by atoms with Crippen LogP contribution in [0.1, 0.15) is 80.0 Å². The Morgan fingerprint density at radius 3 is 2.52 bits per heavy atom. The van der Waals surface area contributed by atoms with Crippen molar-refractivity contribution in [3.63, 3.8) is 0 Å². The number of amides is 2. The van der Waals surface area contributed by atoms with Crippen molar-refractivity contribution in [2.45, 2.75) is 70.1 Å². The number of methoxy groups -OCH3 is 1. The van der Waals surface area contributed by atoms with Crippen LogP contribution in [0.15, 0.2) is 48.7 Å². The molecule has 0 unspecified atom stereocenters. The van der Waals surface area contributed by atoms with E-state index in [1.54, 1.807) is 43.6 Å². The minimum absolute atomic E-state index is 0.174. The summed E-state index contributed by atoms with van der Waals surface area (Å²) < 4.78 is 26.2. The summed E-state index contributed by atoms with van der Waals surface area (Å²) in [5.41, 5.74) is 7.60. The average molecular weight is 598 g/mol. The fourth-order valence-corrected chi connectivity index (χ4v) is 5.14. The molecular weight excluding hydrogens is 561 g/mol. The van der Waals surface area contributed by atoms with Gasteiger partial charge in [0.25, 0.3) is 5.91 Å². The van der Waals surface area contributed by atoms with E-state index in [1.807, 2.05) is 20.8 Å². The zero-order valence-corrected chi connectivity index (χ0v) is 25.0. The highest BCUT2D eigenvalue weighted by molar-refractivity contribution is 6.30. The molecule has 4 N–H and O–H groups in total. The first-order valence-electron chi connectivity index (χ1n) is 13.9. The summed E-state index contributed by atoms with van der Waals surface area (Å²) in [5, 5.41) is 5.90. The first-order valence-corrected chi connectivity index (χ1v) is 14.3. The van der Waals surface area contributed by atoms with Crippen LogP contribution >= 0.6 is 11.6 Å². The normalized spacial score (nSPS) is 17.8. The molecule has 2 aromatic carbocycles. The van der Waals surface area contributed by atoms with Crippen LogP contribution < -0.4 is 16.4 Å². The number of aromatic nitrogens is 2. The molecule has 1 saturated carbocycles. The second-order valence-corrected chi connectivity index (χ2v) is 11.9. The van der Waals surface area contributed by atoms with E-state index < -0.39 is 29.4 Å². The lowest BCUT2D eigenvalue weighted by Gasteiger charge is -2.27. The topological polar surface area (TPSA) is 128 Å². The summed E-state index contributed by atoms with van der Waals surface area (Å²) in [6.07, 6.45) is 4.98. The molecule has 42 heavy (non-hydrogen) atoms. The molecule has 2 amide bonds. The zero-order valence-electron chi connectivity index (χ0n) is 24.2. The third kappa shape index (κ3) is 8.17. The fraction of sp³-hybridized carbons (Fsp3) is 0.419. The van der Waals surface area contributed by atoms with Gasteiger partial charge in [0.1, 0.15) is 23.9 Å².